The zero-order chi connectivity index (χ0) is 44.5. The van der Waals surface area contributed by atoms with E-state index in [0.717, 1.165) is 80.0 Å². The molecule has 2 aliphatic rings. The minimum absolute atomic E-state index is 0.774. The van der Waals surface area contributed by atoms with Gasteiger partial charge in [-0.2, -0.15) is 0 Å². The van der Waals surface area contributed by atoms with Crippen LogP contribution in [0.25, 0.3) is 73.3 Å². The van der Waals surface area contributed by atoms with Crippen LogP contribution < -0.4 is 0 Å². The average Bonchev–Trinajstić information content (AvgIpc) is 4.13. The molecule has 4 aromatic carbocycles. The number of hydrogen-bond donors (Lipinski definition) is 0. The fraction of sp³-hybridized carbons (Fsp3) is 0.267. The summed E-state index contributed by atoms with van der Waals surface area (Å²) in [6.07, 6.45) is 10.7. The second kappa shape index (κ2) is 18.3. The second-order valence-corrected chi connectivity index (χ2v) is 16.9. The van der Waals surface area contributed by atoms with Crippen LogP contribution >= 0.6 is 0 Å². The van der Waals surface area contributed by atoms with Crippen LogP contribution in [0.15, 0.2) is 121 Å². The van der Waals surface area contributed by atoms with E-state index >= 15 is 0 Å². The highest BCUT2D eigenvalue weighted by molar-refractivity contribution is 6.10. The normalized spacial score (nSPS) is 12.4. The molecule has 5 heterocycles. The highest BCUT2D eigenvalue weighted by Crippen LogP contribution is 2.49. The van der Waals surface area contributed by atoms with E-state index in [4.69, 9.17) is 9.97 Å². The quantitative estimate of drug-likeness (QED) is 0.123. The number of nitrogens with zero attached hydrogens (tertiary/aromatic N) is 4. The number of aromatic nitrogens is 4. The first-order chi connectivity index (χ1) is 31.5. The molecule has 0 N–H and O–H groups in total. The molecule has 322 valence electrons. The van der Waals surface area contributed by atoms with Crippen molar-refractivity contribution in [2.24, 2.45) is 0 Å². The monoisotopic (exact) mass is 838 g/mol. The van der Waals surface area contributed by atoms with Crippen LogP contribution in [0.5, 0.6) is 0 Å². The van der Waals surface area contributed by atoms with E-state index in [1.165, 1.54) is 94.4 Å². The van der Waals surface area contributed by atoms with E-state index in [9.17, 15) is 0 Å². The van der Waals surface area contributed by atoms with Gasteiger partial charge in [0.15, 0.2) is 0 Å². The number of para-hydroxylation sites is 1. The van der Waals surface area contributed by atoms with Gasteiger partial charge in [0.25, 0.3) is 0 Å². The summed E-state index contributed by atoms with van der Waals surface area (Å²) in [6.45, 7) is 19.5. The predicted octanol–water partition coefficient (Wildman–Crippen LogP) is 15.5. The molecule has 0 fully saturated rings. The van der Waals surface area contributed by atoms with E-state index in [2.05, 4.69) is 198 Å². The molecule has 0 unspecified atom stereocenters. The number of benzene rings is 4. The van der Waals surface area contributed by atoms with E-state index < -0.39 is 0 Å². The lowest BCUT2D eigenvalue weighted by molar-refractivity contribution is 0.810. The van der Waals surface area contributed by atoms with Gasteiger partial charge in [-0.1, -0.05) is 158 Å². The summed E-state index contributed by atoms with van der Waals surface area (Å²) in [5.74, 6) is 0. The van der Waals surface area contributed by atoms with Gasteiger partial charge < -0.3 is 9.13 Å². The van der Waals surface area contributed by atoms with Gasteiger partial charge in [-0.3, -0.25) is 0 Å². The molecule has 0 saturated heterocycles. The number of hydrogen-bond acceptors (Lipinski definition) is 2. The summed E-state index contributed by atoms with van der Waals surface area (Å²) in [5.41, 5.74) is 27.1. The van der Waals surface area contributed by atoms with Crippen molar-refractivity contribution in [2.75, 3.05) is 0 Å². The van der Waals surface area contributed by atoms with Gasteiger partial charge >= 0.3 is 0 Å². The maximum atomic E-state index is 6.10. The fourth-order valence-electron chi connectivity index (χ4n) is 11.0. The molecule has 0 aliphatic carbocycles. The summed E-state index contributed by atoms with van der Waals surface area (Å²) >= 11 is 0. The maximum Gasteiger partial charge on any atom is 0.0772 e. The van der Waals surface area contributed by atoms with E-state index in [-0.39, 0.29) is 0 Å². The molecule has 4 heteroatoms. The van der Waals surface area contributed by atoms with Gasteiger partial charge in [0.1, 0.15) is 0 Å². The molecule has 3 aromatic heterocycles. The lowest BCUT2D eigenvalue weighted by atomic mass is 9.89. The summed E-state index contributed by atoms with van der Waals surface area (Å²) in [5, 5.41) is 0. The first-order valence-electron chi connectivity index (χ1n) is 24.0. The van der Waals surface area contributed by atoms with Gasteiger partial charge in [0.05, 0.1) is 44.8 Å². The third kappa shape index (κ3) is 6.90. The van der Waals surface area contributed by atoms with Crippen LogP contribution in [0.1, 0.15) is 124 Å². The van der Waals surface area contributed by atoms with Crippen molar-refractivity contribution in [1.29, 1.82) is 0 Å². The Morgan fingerprint density at radius 1 is 0.375 bits per heavy atom. The summed E-state index contributed by atoms with van der Waals surface area (Å²) in [4.78, 5) is 11.8. The summed E-state index contributed by atoms with van der Waals surface area (Å²) in [6, 6.07) is 44.3. The van der Waals surface area contributed by atoms with Crippen molar-refractivity contribution >= 4 is 45.4 Å². The van der Waals surface area contributed by atoms with E-state index in [0.29, 0.717) is 0 Å². The van der Waals surface area contributed by atoms with Crippen LogP contribution in [-0.4, -0.2) is 19.1 Å². The molecule has 2 aliphatic heterocycles. The van der Waals surface area contributed by atoms with Gasteiger partial charge in [0, 0.05) is 51.2 Å². The third-order valence-corrected chi connectivity index (χ3v) is 13.7. The molecule has 0 saturated carbocycles. The van der Waals surface area contributed by atoms with Crippen molar-refractivity contribution in [1.82, 2.24) is 19.1 Å². The number of allylic oxidation sites excluding steroid dienone is 1. The Labute approximate surface area is 380 Å². The SMILES string of the molecule is CCC1=C(c2ccccc2)c2nc1c(CC)c1c(CC)c(CC)c(c(CC)c3nc(c(CC)c4c(-c5ccccc5)c(-c5ccccc5)c(c2CC)n4-c2ccccc2)C=C3)n1CC. The van der Waals surface area contributed by atoms with Crippen LogP contribution in [0, 0.1) is 0 Å². The minimum atomic E-state index is 0.774. The van der Waals surface area contributed by atoms with Crippen molar-refractivity contribution in [3.8, 4) is 27.9 Å². The van der Waals surface area contributed by atoms with Crippen molar-refractivity contribution < 1.29 is 0 Å². The lowest BCUT2D eigenvalue weighted by Crippen LogP contribution is -2.03. The number of aryl methyl sites for hydroxylation is 7. The number of fused-ring (bicyclic) bond motifs is 8. The Hall–Kier alpha value is -6.52. The first-order valence-corrected chi connectivity index (χ1v) is 24.0. The van der Waals surface area contributed by atoms with Crippen molar-refractivity contribution in [2.45, 2.75) is 107 Å². The van der Waals surface area contributed by atoms with Gasteiger partial charge in [-0.25, -0.2) is 9.97 Å². The molecule has 0 atom stereocenters. The first kappa shape index (κ1) is 42.8. The summed E-state index contributed by atoms with van der Waals surface area (Å²) < 4.78 is 5.23. The second-order valence-electron chi connectivity index (χ2n) is 16.9. The largest absolute Gasteiger partial charge is 0.341 e. The molecule has 64 heavy (non-hydrogen) atoms. The molecular weight excluding hydrogens is 777 g/mol. The van der Waals surface area contributed by atoms with E-state index in [1.807, 2.05) is 0 Å². The minimum Gasteiger partial charge on any atom is -0.341 e. The van der Waals surface area contributed by atoms with Crippen molar-refractivity contribution in [3.63, 3.8) is 0 Å². The molecule has 0 spiro atoms. The molecule has 0 radical (unpaired) electrons. The highest BCUT2D eigenvalue weighted by atomic mass is 15.0. The van der Waals surface area contributed by atoms with Crippen LogP contribution in [0.2, 0.25) is 0 Å². The molecular formula is C60H62N4. The molecule has 7 aromatic rings. The van der Waals surface area contributed by atoms with Gasteiger partial charge in [-0.15, -0.1) is 0 Å². The topological polar surface area (TPSA) is 35.6 Å². The molecule has 4 nitrogen and oxygen atoms in total. The summed E-state index contributed by atoms with van der Waals surface area (Å²) in [7, 11) is 0. The average molecular weight is 839 g/mol. The van der Waals surface area contributed by atoms with Crippen LogP contribution in [0.3, 0.4) is 0 Å². The Balaban J connectivity index is 1.72. The third-order valence-electron chi connectivity index (χ3n) is 13.7. The van der Waals surface area contributed by atoms with Crippen LogP contribution in [-0.2, 0) is 45.1 Å². The molecule has 9 rings (SSSR count). The highest BCUT2D eigenvalue weighted by Gasteiger charge is 2.31. The molecule has 0 amide bonds. The van der Waals surface area contributed by atoms with E-state index in [1.54, 1.807) is 0 Å². The standard InChI is InChI=1S/C60H62N4/c1-9-43-44(10-2)58-48(14-6)55-47(13-5)52(39-29-21-17-22-30-39)56(62-55)49(15-7)60-54(41-33-25-19-26-34-41)53(40-31-23-18-24-32-40)59(64(60)42-35-27-20-28-36-42)46(12-4)51-38-37-50(61-51)45(11-3)57(43)63(58)16-8/h17-38H,9-16H2,1-8H3. The Kier molecular flexibility index (Phi) is 12.2. The predicted molar refractivity (Wildman–Crippen MR) is 274 cm³/mol. The molecule has 8 bridgehead atoms. The Morgan fingerprint density at radius 2 is 0.781 bits per heavy atom. The Morgan fingerprint density at radius 3 is 1.23 bits per heavy atom. The van der Waals surface area contributed by atoms with Crippen molar-refractivity contribution in [3.05, 3.63) is 183 Å². The van der Waals surface area contributed by atoms with Gasteiger partial charge in [0.2, 0.25) is 0 Å². The fourth-order valence-corrected chi connectivity index (χ4v) is 11.0. The lowest BCUT2D eigenvalue weighted by Gasteiger charge is -2.15. The zero-order valence-corrected chi connectivity index (χ0v) is 39.1. The zero-order valence-electron chi connectivity index (χ0n) is 39.1. The Bertz CT molecular complexity index is 3090. The van der Waals surface area contributed by atoms with Gasteiger partial charge in [-0.05, 0) is 110 Å². The maximum absolute atomic E-state index is 6.10. The smallest absolute Gasteiger partial charge is 0.0772 e. The van der Waals surface area contributed by atoms with Crippen LogP contribution in [0.4, 0.5) is 0 Å². The number of rotatable bonds is 12.